The minimum atomic E-state index is -3.57. The number of nitrogens with one attached hydrogen (secondary N) is 1. The van der Waals surface area contributed by atoms with Gasteiger partial charge in [0.2, 0.25) is 10.0 Å². The van der Waals surface area contributed by atoms with Crippen LogP contribution < -0.4 is 5.32 Å². The largest absolute Gasteiger partial charge is 0.322 e. The molecular weight excluding hydrogens is 440 g/mol. The number of hydrogen-bond acceptors (Lipinski definition) is 3. The Bertz CT molecular complexity index is 957. The van der Waals surface area contributed by atoms with Crippen LogP contribution in [0.4, 0.5) is 5.69 Å². The first-order valence-electron chi connectivity index (χ1n) is 8.16. The minimum absolute atomic E-state index is 0.143. The van der Waals surface area contributed by atoms with Crippen LogP contribution >= 0.6 is 27.5 Å². The van der Waals surface area contributed by atoms with Crippen LogP contribution in [0, 0.1) is 6.92 Å². The van der Waals surface area contributed by atoms with Crippen LogP contribution in [0.1, 0.15) is 28.8 Å². The second kappa shape index (κ2) is 7.68. The SMILES string of the molecule is Cc1ccc(S(=O)(=O)N2CCCC2)cc1C(=O)Nc1ccc(Br)c(Cl)c1. The van der Waals surface area contributed by atoms with Gasteiger partial charge in [0.1, 0.15) is 0 Å². The Hall–Kier alpha value is -1.41. The highest BCUT2D eigenvalue weighted by Crippen LogP contribution is 2.27. The van der Waals surface area contributed by atoms with E-state index >= 15 is 0 Å². The monoisotopic (exact) mass is 456 g/mol. The van der Waals surface area contributed by atoms with Gasteiger partial charge in [-0.2, -0.15) is 4.31 Å². The highest BCUT2D eigenvalue weighted by molar-refractivity contribution is 9.10. The number of rotatable bonds is 4. The summed E-state index contributed by atoms with van der Waals surface area (Å²) in [5.74, 6) is -0.376. The van der Waals surface area contributed by atoms with Crippen LogP contribution in [0.2, 0.25) is 5.02 Å². The maximum absolute atomic E-state index is 12.7. The highest BCUT2D eigenvalue weighted by Gasteiger charge is 2.28. The van der Waals surface area contributed by atoms with Crippen LogP contribution in [-0.4, -0.2) is 31.7 Å². The predicted octanol–water partition coefficient (Wildman–Crippen LogP) is 4.45. The molecule has 26 heavy (non-hydrogen) atoms. The first-order chi connectivity index (χ1) is 12.3. The number of aryl methyl sites for hydroxylation is 1. The lowest BCUT2D eigenvalue weighted by Gasteiger charge is -2.17. The summed E-state index contributed by atoms with van der Waals surface area (Å²) in [6.07, 6.45) is 1.73. The number of sulfonamides is 1. The molecule has 0 saturated carbocycles. The first-order valence-corrected chi connectivity index (χ1v) is 10.8. The van der Waals surface area contributed by atoms with Crippen molar-refractivity contribution in [3.05, 3.63) is 57.0 Å². The summed E-state index contributed by atoms with van der Waals surface area (Å²) in [5.41, 5.74) is 1.56. The fraction of sp³-hybridized carbons (Fsp3) is 0.278. The molecule has 0 aliphatic carbocycles. The number of hydrogen-bond donors (Lipinski definition) is 1. The van der Waals surface area contributed by atoms with Crippen molar-refractivity contribution in [2.45, 2.75) is 24.7 Å². The molecular formula is C18H18BrClN2O3S. The van der Waals surface area contributed by atoms with E-state index in [-0.39, 0.29) is 10.8 Å². The van der Waals surface area contributed by atoms with E-state index in [0.29, 0.717) is 34.9 Å². The van der Waals surface area contributed by atoms with E-state index in [1.807, 2.05) is 0 Å². The summed E-state index contributed by atoms with van der Waals surface area (Å²) >= 11 is 9.35. The van der Waals surface area contributed by atoms with Crippen molar-refractivity contribution in [3.8, 4) is 0 Å². The summed E-state index contributed by atoms with van der Waals surface area (Å²) in [5, 5.41) is 3.24. The molecule has 1 aliphatic heterocycles. The van der Waals surface area contributed by atoms with Gasteiger partial charge >= 0.3 is 0 Å². The number of carbonyl (C=O) groups excluding carboxylic acids is 1. The second-order valence-electron chi connectivity index (χ2n) is 6.17. The van der Waals surface area contributed by atoms with Gasteiger partial charge in [0.15, 0.2) is 0 Å². The van der Waals surface area contributed by atoms with Crippen LogP contribution in [0.25, 0.3) is 0 Å². The second-order valence-corrected chi connectivity index (χ2v) is 9.37. The average Bonchev–Trinajstić information content (AvgIpc) is 3.13. The summed E-state index contributed by atoms with van der Waals surface area (Å²) < 4.78 is 27.7. The van der Waals surface area contributed by atoms with E-state index in [1.54, 1.807) is 37.3 Å². The van der Waals surface area contributed by atoms with Crippen molar-refractivity contribution < 1.29 is 13.2 Å². The van der Waals surface area contributed by atoms with Gasteiger partial charge < -0.3 is 5.32 Å². The number of carbonyl (C=O) groups is 1. The minimum Gasteiger partial charge on any atom is -0.322 e. The summed E-state index contributed by atoms with van der Waals surface area (Å²) in [6.45, 7) is 2.82. The maximum atomic E-state index is 12.7. The summed E-state index contributed by atoms with van der Waals surface area (Å²) in [7, 11) is -3.57. The zero-order chi connectivity index (χ0) is 18.9. The van der Waals surface area contributed by atoms with Gasteiger partial charge in [-0.15, -0.1) is 0 Å². The molecule has 1 aliphatic rings. The molecule has 3 rings (SSSR count). The van der Waals surface area contributed by atoms with Crippen molar-refractivity contribution in [1.82, 2.24) is 4.31 Å². The van der Waals surface area contributed by atoms with Gasteiger partial charge in [0.25, 0.3) is 5.91 Å². The topological polar surface area (TPSA) is 66.5 Å². The average molecular weight is 458 g/mol. The normalized spacial score (nSPS) is 15.2. The van der Waals surface area contributed by atoms with Crippen LogP contribution in [0.3, 0.4) is 0 Å². The third kappa shape index (κ3) is 3.96. The fourth-order valence-electron chi connectivity index (χ4n) is 2.86. The van der Waals surface area contributed by atoms with Gasteiger partial charge in [-0.3, -0.25) is 4.79 Å². The van der Waals surface area contributed by atoms with Crippen molar-refractivity contribution >= 4 is 49.1 Å². The highest BCUT2D eigenvalue weighted by atomic mass is 79.9. The molecule has 2 aromatic carbocycles. The Balaban J connectivity index is 1.89. The molecule has 0 aromatic heterocycles. The first kappa shape index (κ1) is 19.4. The third-order valence-corrected chi connectivity index (χ3v) is 7.46. The molecule has 5 nitrogen and oxygen atoms in total. The summed E-state index contributed by atoms with van der Waals surface area (Å²) in [4.78, 5) is 12.8. The zero-order valence-corrected chi connectivity index (χ0v) is 17.3. The zero-order valence-electron chi connectivity index (χ0n) is 14.1. The predicted molar refractivity (Wildman–Crippen MR) is 106 cm³/mol. The van der Waals surface area contributed by atoms with E-state index in [1.165, 1.54) is 10.4 Å². The van der Waals surface area contributed by atoms with Gasteiger partial charge in [-0.25, -0.2) is 8.42 Å². The standard InChI is InChI=1S/C18H18BrClN2O3S/c1-12-4-6-14(26(24,25)22-8-2-3-9-22)11-15(12)18(23)21-13-5-7-16(19)17(20)10-13/h4-7,10-11H,2-3,8-9H2,1H3,(H,21,23). The molecule has 0 spiro atoms. The third-order valence-electron chi connectivity index (χ3n) is 4.33. The van der Waals surface area contributed by atoms with Crippen LogP contribution in [0.5, 0.6) is 0 Å². The summed E-state index contributed by atoms with van der Waals surface area (Å²) in [6, 6.07) is 9.73. The lowest BCUT2D eigenvalue weighted by molar-refractivity contribution is 0.102. The fourth-order valence-corrected chi connectivity index (χ4v) is 4.83. The lowest BCUT2D eigenvalue weighted by atomic mass is 10.1. The van der Waals surface area contributed by atoms with E-state index < -0.39 is 10.0 Å². The van der Waals surface area contributed by atoms with Crippen molar-refractivity contribution in [3.63, 3.8) is 0 Å². The van der Waals surface area contributed by atoms with Crippen molar-refractivity contribution in [2.24, 2.45) is 0 Å². The smallest absolute Gasteiger partial charge is 0.255 e. The van der Waals surface area contributed by atoms with Gasteiger partial charge in [-0.05, 0) is 71.6 Å². The molecule has 1 amide bonds. The van der Waals surface area contributed by atoms with E-state index in [0.717, 1.165) is 17.3 Å². The number of anilines is 1. The molecule has 1 fully saturated rings. The molecule has 138 valence electrons. The Morgan fingerprint density at radius 3 is 2.50 bits per heavy atom. The molecule has 0 radical (unpaired) electrons. The van der Waals surface area contributed by atoms with Gasteiger partial charge in [0.05, 0.1) is 9.92 Å². The molecule has 1 saturated heterocycles. The molecule has 0 bridgehead atoms. The van der Waals surface area contributed by atoms with Gasteiger partial charge in [-0.1, -0.05) is 17.7 Å². The van der Waals surface area contributed by atoms with Gasteiger partial charge in [0, 0.05) is 28.8 Å². The van der Waals surface area contributed by atoms with E-state index in [9.17, 15) is 13.2 Å². The number of nitrogens with zero attached hydrogens (tertiary/aromatic N) is 1. The molecule has 2 aromatic rings. The van der Waals surface area contributed by atoms with Crippen LogP contribution in [0.15, 0.2) is 45.8 Å². The lowest BCUT2D eigenvalue weighted by Crippen LogP contribution is -2.28. The van der Waals surface area contributed by atoms with Crippen LogP contribution in [-0.2, 0) is 10.0 Å². The number of amides is 1. The molecule has 8 heteroatoms. The van der Waals surface area contributed by atoms with E-state index in [4.69, 9.17) is 11.6 Å². The molecule has 0 unspecified atom stereocenters. The number of halogens is 2. The van der Waals surface area contributed by atoms with Crippen molar-refractivity contribution in [2.75, 3.05) is 18.4 Å². The van der Waals surface area contributed by atoms with E-state index in [2.05, 4.69) is 21.2 Å². The maximum Gasteiger partial charge on any atom is 0.255 e. The Labute approximate surface area is 166 Å². The number of benzene rings is 2. The van der Waals surface area contributed by atoms with Crippen molar-refractivity contribution in [1.29, 1.82) is 0 Å². The molecule has 1 heterocycles. The Kier molecular flexibility index (Phi) is 5.72. The Morgan fingerprint density at radius 1 is 1.15 bits per heavy atom. The Morgan fingerprint density at radius 2 is 1.85 bits per heavy atom. The quantitative estimate of drug-likeness (QED) is 0.738. The molecule has 0 atom stereocenters. The molecule has 1 N–H and O–H groups in total.